The molecule has 0 saturated carbocycles. The van der Waals surface area contributed by atoms with Crippen molar-refractivity contribution in [1.29, 1.82) is 5.26 Å². The molecule has 1 aromatic carbocycles. The Balaban J connectivity index is 2.10. The van der Waals surface area contributed by atoms with Crippen molar-refractivity contribution in [2.75, 3.05) is 13.1 Å². The molecule has 5 heteroatoms. The van der Waals surface area contributed by atoms with Crippen LogP contribution in [0.2, 0.25) is 0 Å². The lowest BCUT2D eigenvalue weighted by molar-refractivity contribution is -0.143. The van der Waals surface area contributed by atoms with Crippen molar-refractivity contribution in [3.8, 4) is 6.07 Å². The minimum absolute atomic E-state index is 0.0559. The van der Waals surface area contributed by atoms with Gasteiger partial charge in [-0.3, -0.25) is 14.5 Å². The molecular weight excluding hydrogens is 304 g/mol. The van der Waals surface area contributed by atoms with Crippen LogP contribution in [0.15, 0.2) is 18.2 Å². The number of carboxylic acid groups (broad SMARTS) is 1. The molecule has 1 fully saturated rings. The highest BCUT2D eigenvalue weighted by atomic mass is 16.4. The standard InChI is InChI=1S/C19H24N2O3/c1-13-4-5-16(14(2)10-13)11-17(22)19(12-20)6-8-21(9-7-19)15(3)18(23)24/h4-5,10,15H,6-9,11H2,1-3H3,(H,23,24). The maximum atomic E-state index is 12.8. The quantitative estimate of drug-likeness (QED) is 0.898. The molecule has 24 heavy (non-hydrogen) atoms. The van der Waals surface area contributed by atoms with Gasteiger partial charge in [-0.1, -0.05) is 23.8 Å². The van der Waals surface area contributed by atoms with E-state index in [0.717, 1.165) is 16.7 Å². The second kappa shape index (κ2) is 7.14. The predicted octanol–water partition coefficient (Wildman–Crippen LogP) is 2.49. The van der Waals surface area contributed by atoms with Crippen LogP contribution >= 0.6 is 0 Å². The Bertz CT molecular complexity index is 682. The number of Topliss-reactive ketones (excluding diaryl/α,β-unsaturated/α-hetero) is 1. The molecule has 1 unspecified atom stereocenters. The molecule has 1 N–H and O–H groups in total. The highest BCUT2D eigenvalue weighted by Crippen LogP contribution is 2.34. The number of hydrogen-bond acceptors (Lipinski definition) is 4. The van der Waals surface area contributed by atoms with Gasteiger partial charge < -0.3 is 5.11 Å². The van der Waals surface area contributed by atoms with Crippen LogP contribution in [0, 0.1) is 30.6 Å². The second-order valence-corrected chi connectivity index (χ2v) is 6.77. The smallest absolute Gasteiger partial charge is 0.320 e. The first kappa shape index (κ1) is 18.2. The molecule has 0 amide bonds. The van der Waals surface area contributed by atoms with Crippen LogP contribution in [-0.4, -0.2) is 40.9 Å². The Morgan fingerprint density at radius 1 is 1.33 bits per heavy atom. The van der Waals surface area contributed by atoms with Crippen molar-refractivity contribution in [1.82, 2.24) is 4.90 Å². The molecule has 0 aliphatic carbocycles. The molecule has 0 aromatic heterocycles. The number of rotatable bonds is 5. The number of ketones is 1. The van der Waals surface area contributed by atoms with Gasteiger partial charge in [-0.25, -0.2) is 0 Å². The first-order valence-electron chi connectivity index (χ1n) is 8.26. The Labute approximate surface area is 142 Å². The van der Waals surface area contributed by atoms with Crippen LogP contribution in [0.25, 0.3) is 0 Å². The summed E-state index contributed by atoms with van der Waals surface area (Å²) >= 11 is 0. The van der Waals surface area contributed by atoms with Crippen LogP contribution in [0.4, 0.5) is 0 Å². The third-order valence-electron chi connectivity index (χ3n) is 5.15. The molecule has 5 nitrogen and oxygen atoms in total. The monoisotopic (exact) mass is 328 g/mol. The minimum Gasteiger partial charge on any atom is -0.480 e. The number of aryl methyl sites for hydroxylation is 2. The zero-order chi connectivity index (χ0) is 17.9. The van der Waals surface area contributed by atoms with E-state index < -0.39 is 17.4 Å². The first-order valence-corrected chi connectivity index (χ1v) is 8.26. The molecule has 1 saturated heterocycles. The van der Waals surface area contributed by atoms with Gasteiger partial charge in [-0.05, 0) is 44.7 Å². The number of aliphatic carboxylic acids is 1. The molecule has 0 bridgehead atoms. The lowest BCUT2D eigenvalue weighted by Gasteiger charge is -2.38. The second-order valence-electron chi connectivity index (χ2n) is 6.77. The molecule has 1 heterocycles. The summed E-state index contributed by atoms with van der Waals surface area (Å²) in [7, 11) is 0. The largest absolute Gasteiger partial charge is 0.480 e. The molecule has 128 valence electrons. The van der Waals surface area contributed by atoms with Gasteiger partial charge in [0.15, 0.2) is 5.78 Å². The van der Waals surface area contributed by atoms with Gasteiger partial charge in [0, 0.05) is 19.5 Å². The van der Waals surface area contributed by atoms with Crippen LogP contribution in [-0.2, 0) is 16.0 Å². The number of nitrogens with zero attached hydrogens (tertiary/aromatic N) is 2. The van der Waals surface area contributed by atoms with E-state index in [1.54, 1.807) is 6.92 Å². The van der Waals surface area contributed by atoms with E-state index >= 15 is 0 Å². The summed E-state index contributed by atoms with van der Waals surface area (Å²) in [6, 6.07) is 7.62. The Hall–Kier alpha value is -2.19. The summed E-state index contributed by atoms with van der Waals surface area (Å²) in [6.45, 7) is 6.54. The van der Waals surface area contributed by atoms with E-state index in [4.69, 9.17) is 5.11 Å². The molecule has 0 radical (unpaired) electrons. The zero-order valence-corrected chi connectivity index (χ0v) is 14.5. The summed E-state index contributed by atoms with van der Waals surface area (Å²) in [4.78, 5) is 25.7. The maximum Gasteiger partial charge on any atom is 0.320 e. The van der Waals surface area contributed by atoms with Crippen LogP contribution < -0.4 is 0 Å². The average Bonchev–Trinajstić information content (AvgIpc) is 2.56. The summed E-state index contributed by atoms with van der Waals surface area (Å²) in [5.41, 5.74) is 2.18. The normalized spacial score (nSPS) is 18.6. The number of carboxylic acids is 1. The van der Waals surface area contributed by atoms with Crippen molar-refractivity contribution >= 4 is 11.8 Å². The Morgan fingerprint density at radius 3 is 2.46 bits per heavy atom. The number of piperidine rings is 1. The van der Waals surface area contributed by atoms with Crippen LogP contribution in [0.5, 0.6) is 0 Å². The van der Waals surface area contributed by atoms with Crippen molar-refractivity contribution < 1.29 is 14.7 Å². The lowest BCUT2D eigenvalue weighted by Crippen LogP contribution is -2.49. The van der Waals surface area contributed by atoms with Crippen molar-refractivity contribution in [3.63, 3.8) is 0 Å². The van der Waals surface area contributed by atoms with Crippen molar-refractivity contribution in [2.45, 2.75) is 46.1 Å². The SMILES string of the molecule is Cc1ccc(CC(=O)C2(C#N)CCN(C(C)C(=O)O)CC2)c(C)c1. The summed E-state index contributed by atoms with van der Waals surface area (Å²) < 4.78 is 0. The third-order valence-corrected chi connectivity index (χ3v) is 5.15. The van der Waals surface area contributed by atoms with Crippen molar-refractivity contribution in [2.24, 2.45) is 5.41 Å². The fourth-order valence-electron chi connectivity index (χ4n) is 3.29. The molecule has 1 aromatic rings. The lowest BCUT2D eigenvalue weighted by atomic mass is 9.74. The van der Waals surface area contributed by atoms with Gasteiger partial charge in [0.1, 0.15) is 11.5 Å². The molecule has 0 spiro atoms. The fraction of sp³-hybridized carbons (Fsp3) is 0.526. The summed E-state index contributed by atoms with van der Waals surface area (Å²) in [6.07, 6.45) is 1.05. The zero-order valence-electron chi connectivity index (χ0n) is 14.5. The fourth-order valence-corrected chi connectivity index (χ4v) is 3.29. The van der Waals surface area contributed by atoms with Gasteiger partial charge in [0.2, 0.25) is 0 Å². The number of likely N-dealkylation sites (tertiary alicyclic amines) is 1. The van der Waals surface area contributed by atoms with Gasteiger partial charge in [-0.2, -0.15) is 5.26 Å². The van der Waals surface area contributed by atoms with E-state index in [-0.39, 0.29) is 12.2 Å². The number of benzene rings is 1. The maximum absolute atomic E-state index is 12.8. The van der Waals surface area contributed by atoms with E-state index in [2.05, 4.69) is 6.07 Å². The van der Waals surface area contributed by atoms with E-state index in [1.807, 2.05) is 36.9 Å². The van der Waals surface area contributed by atoms with E-state index in [9.17, 15) is 14.9 Å². The van der Waals surface area contributed by atoms with Gasteiger partial charge >= 0.3 is 5.97 Å². The van der Waals surface area contributed by atoms with Crippen LogP contribution in [0.3, 0.4) is 0 Å². The number of carbonyl (C=O) groups is 2. The molecule has 1 aliphatic rings. The number of carbonyl (C=O) groups excluding carboxylic acids is 1. The summed E-state index contributed by atoms with van der Waals surface area (Å²) in [5.74, 6) is -0.930. The minimum atomic E-state index is -0.994. The number of nitriles is 1. The molecule has 1 aliphatic heterocycles. The molecule has 1 atom stereocenters. The average molecular weight is 328 g/mol. The van der Waals surface area contributed by atoms with Crippen molar-refractivity contribution in [3.05, 3.63) is 34.9 Å². The third kappa shape index (κ3) is 3.65. The van der Waals surface area contributed by atoms with E-state index in [0.29, 0.717) is 25.9 Å². The van der Waals surface area contributed by atoms with Gasteiger partial charge in [0.25, 0.3) is 0 Å². The summed E-state index contributed by atoms with van der Waals surface area (Å²) in [5, 5.41) is 18.7. The highest BCUT2D eigenvalue weighted by molar-refractivity contribution is 5.89. The topological polar surface area (TPSA) is 81.4 Å². The van der Waals surface area contributed by atoms with Gasteiger partial charge in [-0.15, -0.1) is 0 Å². The Morgan fingerprint density at radius 2 is 1.96 bits per heavy atom. The molecular formula is C19H24N2O3. The van der Waals surface area contributed by atoms with Gasteiger partial charge in [0.05, 0.1) is 6.07 Å². The van der Waals surface area contributed by atoms with Crippen LogP contribution in [0.1, 0.15) is 36.5 Å². The predicted molar refractivity (Wildman–Crippen MR) is 90.6 cm³/mol. The first-order chi connectivity index (χ1) is 11.3. The van der Waals surface area contributed by atoms with E-state index in [1.165, 1.54) is 0 Å². The Kier molecular flexibility index (Phi) is 5.40. The highest BCUT2D eigenvalue weighted by Gasteiger charge is 2.42. The number of hydrogen-bond donors (Lipinski definition) is 1. The molecule has 2 rings (SSSR count).